The fourth-order valence-corrected chi connectivity index (χ4v) is 3.64. The molecule has 2 heterocycles. The van der Waals surface area contributed by atoms with Crippen molar-refractivity contribution in [3.63, 3.8) is 0 Å². The summed E-state index contributed by atoms with van der Waals surface area (Å²) >= 11 is 1.53. The van der Waals surface area contributed by atoms with Crippen LogP contribution in [0, 0.1) is 18.8 Å². The quantitative estimate of drug-likeness (QED) is 0.920. The van der Waals surface area contributed by atoms with Crippen molar-refractivity contribution in [1.82, 2.24) is 9.88 Å². The van der Waals surface area contributed by atoms with Crippen LogP contribution in [0.15, 0.2) is 0 Å². The van der Waals surface area contributed by atoms with Gasteiger partial charge < -0.3 is 10.0 Å². The number of aromatic nitrogens is 1. The summed E-state index contributed by atoms with van der Waals surface area (Å²) in [5, 5.41) is 10.2. The molecule has 0 aliphatic carbocycles. The minimum absolute atomic E-state index is 0.0842. The third-order valence-corrected chi connectivity index (χ3v) is 4.62. The van der Waals surface area contributed by atoms with Crippen LogP contribution in [0.4, 0.5) is 0 Å². The van der Waals surface area contributed by atoms with Crippen molar-refractivity contribution in [3.05, 3.63) is 15.6 Å². The number of likely N-dealkylation sites (tertiary alicyclic amines) is 1. The summed E-state index contributed by atoms with van der Waals surface area (Å²) in [5.41, 5.74) is 0.845. The lowest BCUT2D eigenvalue weighted by molar-refractivity contribution is 0.0785. The van der Waals surface area contributed by atoms with Gasteiger partial charge in [0.2, 0.25) is 0 Å². The van der Waals surface area contributed by atoms with Gasteiger partial charge in [-0.2, -0.15) is 0 Å². The SMILES string of the molecule is Cc1nc(CC(C)C)sc1C(=O)N1CCC(CO)C1. The van der Waals surface area contributed by atoms with Gasteiger partial charge in [-0.3, -0.25) is 4.79 Å². The van der Waals surface area contributed by atoms with E-state index in [2.05, 4.69) is 18.8 Å². The maximum atomic E-state index is 12.4. The first-order valence-electron chi connectivity index (χ1n) is 6.87. The van der Waals surface area contributed by atoms with Crippen molar-refractivity contribution in [2.75, 3.05) is 19.7 Å². The molecule has 19 heavy (non-hydrogen) atoms. The molecule has 0 saturated carbocycles. The van der Waals surface area contributed by atoms with Crippen LogP contribution in [0.25, 0.3) is 0 Å². The molecule has 1 atom stereocenters. The van der Waals surface area contributed by atoms with E-state index in [9.17, 15) is 4.79 Å². The number of hydrogen-bond donors (Lipinski definition) is 1. The lowest BCUT2D eigenvalue weighted by Gasteiger charge is -2.15. The van der Waals surface area contributed by atoms with E-state index in [-0.39, 0.29) is 18.4 Å². The lowest BCUT2D eigenvalue weighted by atomic mass is 10.1. The summed E-state index contributed by atoms with van der Waals surface area (Å²) < 4.78 is 0. The molecule has 0 bridgehead atoms. The standard InChI is InChI=1S/C14H22N2O2S/c1-9(2)6-12-15-10(3)13(19-12)14(18)16-5-4-11(7-16)8-17/h9,11,17H,4-8H2,1-3H3. The molecule has 5 heteroatoms. The van der Waals surface area contributed by atoms with Crippen LogP contribution >= 0.6 is 11.3 Å². The van der Waals surface area contributed by atoms with Crippen molar-refractivity contribution in [2.24, 2.45) is 11.8 Å². The molecule has 4 nitrogen and oxygen atoms in total. The van der Waals surface area contributed by atoms with Crippen LogP contribution in [0.3, 0.4) is 0 Å². The molecule has 1 fully saturated rings. The minimum atomic E-state index is 0.0842. The zero-order valence-corrected chi connectivity index (χ0v) is 12.7. The van der Waals surface area contributed by atoms with E-state index < -0.39 is 0 Å². The molecule has 0 aromatic carbocycles. The number of thiazole rings is 1. The lowest BCUT2D eigenvalue weighted by Crippen LogP contribution is -2.29. The Balaban J connectivity index is 2.09. The number of amides is 1. The first-order valence-corrected chi connectivity index (χ1v) is 7.69. The van der Waals surface area contributed by atoms with E-state index in [1.165, 1.54) is 11.3 Å². The summed E-state index contributed by atoms with van der Waals surface area (Å²) in [7, 11) is 0. The van der Waals surface area contributed by atoms with E-state index in [1.807, 2.05) is 11.8 Å². The Morgan fingerprint density at radius 3 is 2.89 bits per heavy atom. The normalized spacial score (nSPS) is 19.4. The van der Waals surface area contributed by atoms with Gasteiger partial charge in [0.1, 0.15) is 4.88 Å². The number of aryl methyl sites for hydroxylation is 1. The smallest absolute Gasteiger partial charge is 0.265 e. The van der Waals surface area contributed by atoms with Crippen LogP contribution in [0.5, 0.6) is 0 Å². The fourth-order valence-electron chi connectivity index (χ4n) is 2.40. The van der Waals surface area contributed by atoms with E-state index >= 15 is 0 Å². The second kappa shape index (κ2) is 6.01. The summed E-state index contributed by atoms with van der Waals surface area (Å²) in [6.45, 7) is 7.82. The highest BCUT2D eigenvalue weighted by Gasteiger charge is 2.28. The average Bonchev–Trinajstić information content (AvgIpc) is 2.94. The number of nitrogens with zero attached hydrogens (tertiary/aromatic N) is 2. The highest BCUT2D eigenvalue weighted by molar-refractivity contribution is 7.13. The van der Waals surface area contributed by atoms with Crippen molar-refractivity contribution in [2.45, 2.75) is 33.6 Å². The molecule has 106 valence electrons. The molecule has 1 aromatic rings. The zero-order valence-electron chi connectivity index (χ0n) is 11.8. The van der Waals surface area contributed by atoms with Gasteiger partial charge in [-0.15, -0.1) is 11.3 Å². The van der Waals surface area contributed by atoms with Crippen LogP contribution < -0.4 is 0 Å². The maximum Gasteiger partial charge on any atom is 0.265 e. The van der Waals surface area contributed by atoms with E-state index in [0.29, 0.717) is 12.5 Å². The number of aliphatic hydroxyl groups excluding tert-OH is 1. The summed E-state index contributed by atoms with van der Waals surface area (Å²) in [5.74, 6) is 0.882. The van der Waals surface area contributed by atoms with Crippen molar-refractivity contribution < 1.29 is 9.90 Å². The van der Waals surface area contributed by atoms with Crippen LogP contribution in [-0.2, 0) is 6.42 Å². The van der Waals surface area contributed by atoms with Gasteiger partial charge in [-0.25, -0.2) is 4.98 Å². The van der Waals surface area contributed by atoms with Gasteiger partial charge in [0.15, 0.2) is 0 Å². The monoisotopic (exact) mass is 282 g/mol. The largest absolute Gasteiger partial charge is 0.396 e. The fraction of sp³-hybridized carbons (Fsp3) is 0.714. The van der Waals surface area contributed by atoms with Gasteiger partial charge in [0, 0.05) is 32.0 Å². The number of aliphatic hydroxyl groups is 1. The minimum Gasteiger partial charge on any atom is -0.396 e. The van der Waals surface area contributed by atoms with Gasteiger partial charge >= 0.3 is 0 Å². The van der Waals surface area contributed by atoms with Gasteiger partial charge in [-0.05, 0) is 19.3 Å². The Kier molecular flexibility index (Phi) is 4.58. The molecule has 1 aromatic heterocycles. The molecule has 1 amide bonds. The molecular formula is C14H22N2O2S. The van der Waals surface area contributed by atoms with Gasteiger partial charge in [-0.1, -0.05) is 13.8 Å². The molecule has 1 unspecified atom stereocenters. The Hall–Kier alpha value is -0.940. The third kappa shape index (κ3) is 3.34. The molecule has 0 radical (unpaired) electrons. The first-order chi connectivity index (χ1) is 9.01. The Morgan fingerprint density at radius 1 is 1.58 bits per heavy atom. The molecular weight excluding hydrogens is 260 g/mol. The summed E-state index contributed by atoms with van der Waals surface area (Å²) in [6, 6.07) is 0. The molecule has 1 saturated heterocycles. The maximum absolute atomic E-state index is 12.4. The molecule has 2 rings (SSSR count). The van der Waals surface area contributed by atoms with Crippen LogP contribution in [0.1, 0.15) is 40.6 Å². The average molecular weight is 282 g/mol. The van der Waals surface area contributed by atoms with E-state index in [1.54, 1.807) is 0 Å². The van der Waals surface area contributed by atoms with Crippen molar-refractivity contribution in [1.29, 1.82) is 0 Å². The summed E-state index contributed by atoms with van der Waals surface area (Å²) in [4.78, 5) is 19.6. The zero-order chi connectivity index (χ0) is 14.0. The van der Waals surface area contributed by atoms with Crippen molar-refractivity contribution >= 4 is 17.2 Å². The second-order valence-electron chi connectivity index (χ2n) is 5.71. The van der Waals surface area contributed by atoms with Crippen LogP contribution in [-0.4, -0.2) is 40.6 Å². The van der Waals surface area contributed by atoms with Gasteiger partial charge in [0.25, 0.3) is 5.91 Å². The Bertz CT molecular complexity index is 456. The number of carbonyl (C=O) groups excluding carboxylic acids is 1. The van der Waals surface area contributed by atoms with E-state index in [0.717, 1.165) is 35.0 Å². The van der Waals surface area contributed by atoms with Gasteiger partial charge in [0.05, 0.1) is 10.7 Å². The number of carbonyl (C=O) groups is 1. The first kappa shape index (κ1) is 14.5. The highest BCUT2D eigenvalue weighted by Crippen LogP contribution is 2.25. The predicted molar refractivity (Wildman–Crippen MR) is 76.5 cm³/mol. The molecule has 0 spiro atoms. The highest BCUT2D eigenvalue weighted by atomic mass is 32.1. The second-order valence-corrected chi connectivity index (χ2v) is 6.79. The summed E-state index contributed by atoms with van der Waals surface area (Å²) in [6.07, 6.45) is 1.83. The Morgan fingerprint density at radius 2 is 2.32 bits per heavy atom. The van der Waals surface area contributed by atoms with E-state index in [4.69, 9.17) is 5.11 Å². The molecule has 1 aliphatic rings. The molecule has 1 aliphatic heterocycles. The predicted octanol–water partition coefficient (Wildman–Crippen LogP) is 2.10. The third-order valence-electron chi connectivity index (χ3n) is 3.45. The Labute approximate surface area is 118 Å². The van der Waals surface area contributed by atoms with Crippen molar-refractivity contribution in [3.8, 4) is 0 Å². The van der Waals surface area contributed by atoms with Crippen LogP contribution in [0.2, 0.25) is 0 Å². The topological polar surface area (TPSA) is 53.4 Å². The molecule has 1 N–H and O–H groups in total. The number of hydrogen-bond acceptors (Lipinski definition) is 4. The number of rotatable bonds is 4.